The number of ether oxygens (including phenoxy) is 5. The third-order valence-electron chi connectivity index (χ3n) is 15.7. The molecule has 414 valence electrons. The molecule has 3 aliphatic heterocycles. The van der Waals surface area contributed by atoms with Crippen LogP contribution in [0.4, 0.5) is 0 Å². The molecule has 1 amide bonds. The van der Waals surface area contributed by atoms with Crippen molar-refractivity contribution in [1.82, 2.24) is 4.90 Å². The van der Waals surface area contributed by atoms with Gasteiger partial charge in [0.05, 0.1) is 38.7 Å². The summed E-state index contributed by atoms with van der Waals surface area (Å²) in [5.74, 6) is -12.3. The van der Waals surface area contributed by atoms with Crippen LogP contribution < -0.4 is 5.19 Å². The van der Waals surface area contributed by atoms with Crippen LogP contribution in [-0.4, -0.2) is 135 Å². The van der Waals surface area contributed by atoms with Crippen molar-refractivity contribution in [3.63, 3.8) is 0 Å². The zero-order chi connectivity index (χ0) is 61.6. The van der Waals surface area contributed by atoms with Gasteiger partial charge in [-0.25, -0.2) is 4.79 Å². The maximum absolute atomic E-state index is 14.9. The number of allylic oxidation sites excluding steroid dienone is 5. The zero-order valence-electron chi connectivity index (χ0n) is 53.7. The van der Waals surface area contributed by atoms with Gasteiger partial charge in [-0.15, -0.1) is 0 Å². The lowest BCUT2D eigenvalue weighted by Crippen LogP contribution is -2.61. The number of benzene rings is 1. The zero-order valence-corrected chi connectivity index (χ0v) is 46.7. The van der Waals surface area contributed by atoms with E-state index in [1.54, 1.807) is 78.0 Å². The maximum Gasteiger partial charge on any atom is 0.329 e. The van der Waals surface area contributed by atoms with Crippen LogP contribution in [0.1, 0.15) is 143 Å². The molecular weight excluding hydrogens is 959 g/mol. The van der Waals surface area contributed by atoms with Crippen molar-refractivity contribution >= 4 is 42.7 Å². The van der Waals surface area contributed by atoms with Crippen molar-refractivity contribution in [2.75, 3.05) is 27.8 Å². The monoisotopic (exact) mass is 1070 g/mol. The summed E-state index contributed by atoms with van der Waals surface area (Å²) < 4.78 is 108. The second-order valence-corrected chi connectivity index (χ2v) is 25.9. The predicted molar refractivity (Wildman–Crippen MR) is 288 cm³/mol. The number of carbonyl (C=O) groups excluding carboxylic acids is 5. The number of aliphatic hydroxyl groups excluding tert-OH is 1. The molecule has 0 aromatic heterocycles. The van der Waals surface area contributed by atoms with E-state index in [0.29, 0.717) is 18.0 Å². The van der Waals surface area contributed by atoms with Gasteiger partial charge in [-0.05, 0) is 125 Å². The van der Waals surface area contributed by atoms with Gasteiger partial charge in [-0.1, -0.05) is 102 Å². The Morgan fingerprint density at radius 2 is 1.62 bits per heavy atom. The Morgan fingerprint density at radius 1 is 0.892 bits per heavy atom. The first-order valence-corrected chi connectivity index (χ1v) is 29.7. The molecule has 0 spiro atoms. The molecule has 2 saturated heterocycles. The van der Waals surface area contributed by atoms with E-state index < -0.39 is 154 Å². The average molecular weight is 1070 g/mol. The minimum Gasteiger partial charge on any atom is -0.460 e. The number of ketones is 3. The number of cyclic esters (lactones) is 1. The van der Waals surface area contributed by atoms with Crippen molar-refractivity contribution in [2.24, 2.45) is 41.4 Å². The van der Waals surface area contributed by atoms with Crippen molar-refractivity contribution in [2.45, 2.75) is 199 Å². The molecule has 1 aromatic carbocycles. The molecule has 0 radical (unpaired) electrons. The van der Waals surface area contributed by atoms with Gasteiger partial charge in [0.1, 0.15) is 24.0 Å². The molecule has 1 aromatic rings. The number of hydrogen-bond acceptors (Lipinski definition) is 13. The maximum atomic E-state index is 14.9. The highest BCUT2D eigenvalue weighted by Crippen LogP contribution is 2.39. The number of amides is 1. The Morgan fingerprint density at radius 3 is 2.31 bits per heavy atom. The first-order chi connectivity index (χ1) is 38.0. The summed E-state index contributed by atoms with van der Waals surface area (Å²) in [6, 6.07) is 6.23. The van der Waals surface area contributed by atoms with Crippen molar-refractivity contribution in [3.8, 4) is 0 Å². The van der Waals surface area contributed by atoms with Crippen LogP contribution in [0.15, 0.2) is 66.3 Å². The molecule has 15 heteroatoms. The molecular formula is C59H91NO13Si. The number of rotatable bonds is 9. The standard InChI is InChI=1S/C59H91NO13Si/c1-37-21-15-13-16-22-38(2)50(68-8)35-45-28-26-43(7)59(67,72-45)56(64)57(65)60-30-20-19-25-47(60)58(66)71-51(36-48(61)39(3)32-42(6)54(63)55(70-10)53(62)41(5)31-37)40(4)33-44-27-29-49(52(34-44)69-9)73-74(11,12)46-23-17-14-18-24-46/h13-18,21-24,37,39-45,47,49-52,54-55,63,67H,19-20,25-36H2,1-12H3/b16-13+,21-15+,38-22+/t37-,39-,40-,41-,42+,43-,44+,45+,47+,49-,50+,51+,52-,54-,55+,59-/m1/s1/i9T3,29T2,47T,49T,52T. The first-order valence-electron chi connectivity index (χ1n) is 30.7. The van der Waals surface area contributed by atoms with E-state index in [-0.39, 0.29) is 63.2 Å². The predicted octanol–water partition coefficient (Wildman–Crippen LogP) is 8.40. The lowest BCUT2D eigenvalue weighted by molar-refractivity contribution is -0.265. The van der Waals surface area contributed by atoms with E-state index in [1.807, 2.05) is 44.2 Å². The number of esters is 1. The van der Waals surface area contributed by atoms with Gasteiger partial charge in [0.15, 0.2) is 5.78 Å². The average Bonchev–Trinajstić information content (AvgIpc) is 3.40. The van der Waals surface area contributed by atoms with Crippen LogP contribution in [0.2, 0.25) is 13.1 Å². The van der Waals surface area contributed by atoms with Crippen LogP contribution in [0, 0.1) is 41.4 Å². The fourth-order valence-electron chi connectivity index (χ4n) is 10.9. The SMILES string of the molecule is [3H]C([3H])([3H])O[C@]1([3H])C[C@H](C[C@@H](C)[C@@H]2CC(=O)[C@H](C)C[C@H](C)[C@@H](O)[C@@H](OC)C(=O)[C@H](C)C[C@H](C)/C=C/C=C/C=C(\C)[C@@H](OC)C[C@@H]3CC[C@@H](C)[C@@](O)(O3)C(=O)C(=O)N3CCCC[C@@]3([3H])C(=O)O2)CC([3H])([3H])[C@@]1([3H])O[Si](C)(C)c1ccccc1. The Bertz CT molecular complexity index is 2480. The van der Waals surface area contributed by atoms with Gasteiger partial charge >= 0.3 is 5.97 Å². The Labute approximate surface area is 454 Å². The second kappa shape index (κ2) is 28.1. The van der Waals surface area contributed by atoms with E-state index in [9.17, 15) is 41.0 Å². The minimum atomic E-state index is -3.28. The first kappa shape index (κ1) is 49.9. The third-order valence-corrected chi connectivity index (χ3v) is 18.2. The van der Waals surface area contributed by atoms with Crippen LogP contribution in [0.25, 0.3) is 0 Å². The molecule has 0 unspecified atom stereocenters. The highest BCUT2D eigenvalue weighted by molar-refractivity contribution is 6.84. The summed E-state index contributed by atoms with van der Waals surface area (Å²) in [6.45, 7) is 15.3. The normalized spacial score (nSPS) is 42.9. The van der Waals surface area contributed by atoms with Gasteiger partial charge in [-0.2, -0.15) is 0 Å². The minimum absolute atomic E-state index is 0.0446. The summed E-state index contributed by atoms with van der Waals surface area (Å²) in [5, 5.41) is 24.4. The van der Waals surface area contributed by atoms with E-state index in [0.717, 1.165) is 10.5 Å². The highest BCUT2D eigenvalue weighted by Gasteiger charge is 2.53. The van der Waals surface area contributed by atoms with Gasteiger partial charge in [0.25, 0.3) is 11.7 Å². The number of hydrogen-bond donors (Lipinski definition) is 2. The molecule has 1 aliphatic carbocycles. The van der Waals surface area contributed by atoms with Gasteiger partial charge in [0.2, 0.25) is 14.1 Å². The Balaban J connectivity index is 1.54. The second-order valence-electron chi connectivity index (χ2n) is 22.1. The molecule has 2 N–H and O–H groups in total. The fourth-order valence-corrected chi connectivity index (χ4v) is 12.7. The lowest BCUT2D eigenvalue weighted by atomic mass is 9.78. The molecule has 3 heterocycles. The molecule has 4 aliphatic rings. The van der Waals surface area contributed by atoms with Crippen molar-refractivity contribution < 1.29 is 73.3 Å². The van der Waals surface area contributed by atoms with Crippen molar-refractivity contribution in [1.29, 1.82) is 0 Å². The number of carbonyl (C=O) groups is 5. The molecule has 16 atom stereocenters. The van der Waals surface area contributed by atoms with Crippen LogP contribution in [0.5, 0.6) is 0 Å². The lowest BCUT2D eigenvalue weighted by Gasteiger charge is -2.43. The number of nitrogens with zero attached hydrogens (tertiary/aromatic N) is 1. The van der Waals surface area contributed by atoms with Crippen LogP contribution in [0.3, 0.4) is 0 Å². The third kappa shape index (κ3) is 16.0. The Kier molecular flexibility index (Phi) is 18.9. The molecule has 1 saturated carbocycles. The van der Waals surface area contributed by atoms with Gasteiger partial charge in [0, 0.05) is 61.1 Å². The van der Waals surface area contributed by atoms with Crippen LogP contribution >= 0.6 is 0 Å². The van der Waals surface area contributed by atoms with Crippen molar-refractivity contribution in [3.05, 3.63) is 66.3 Å². The number of fused-ring (bicyclic) bond motifs is 3. The molecule has 5 rings (SSSR count). The summed E-state index contributed by atoms with van der Waals surface area (Å²) >= 11 is 0. The van der Waals surface area contributed by atoms with Gasteiger partial charge < -0.3 is 43.2 Å². The summed E-state index contributed by atoms with van der Waals surface area (Å²) in [5.41, 5.74) is 0.806. The molecule has 14 nitrogen and oxygen atoms in total. The van der Waals surface area contributed by atoms with E-state index in [2.05, 4.69) is 0 Å². The quantitative estimate of drug-likeness (QED) is 0.137. The number of methoxy groups -OCH3 is 3. The Hall–Kier alpha value is -3.67. The highest BCUT2D eigenvalue weighted by atomic mass is 28.4. The molecule has 2 bridgehead atoms. The van der Waals surface area contributed by atoms with E-state index in [4.69, 9.17) is 32.2 Å². The summed E-state index contributed by atoms with van der Waals surface area (Å²) in [4.78, 5) is 73.2. The van der Waals surface area contributed by atoms with E-state index >= 15 is 0 Å². The number of piperidine rings is 1. The molecule has 3 fully saturated rings. The molecule has 74 heavy (non-hydrogen) atoms. The topological polar surface area (TPSA) is 184 Å². The summed E-state index contributed by atoms with van der Waals surface area (Å²) in [7, 11) is -3.70. The fraction of sp³-hybridized carbons (Fsp3) is 0.712. The van der Waals surface area contributed by atoms with Crippen LogP contribution in [-0.2, 0) is 52.1 Å². The summed E-state index contributed by atoms with van der Waals surface area (Å²) in [6.07, 6.45) is -4.36. The number of Topliss-reactive ketones (excluding diaryl/α,β-unsaturated/α-hetero) is 3. The smallest absolute Gasteiger partial charge is 0.329 e. The number of aliphatic hydroxyl groups is 2. The van der Waals surface area contributed by atoms with Gasteiger partial charge in [-0.3, -0.25) is 19.2 Å². The van der Waals surface area contributed by atoms with E-state index in [1.165, 1.54) is 14.2 Å². The largest absolute Gasteiger partial charge is 0.460 e.